The Kier molecular flexibility index (Phi) is 5.51. The third kappa shape index (κ3) is 4.29. The van der Waals surface area contributed by atoms with Crippen molar-refractivity contribution in [2.75, 3.05) is 11.9 Å². The number of benzene rings is 1. The average Bonchev–Trinajstić information content (AvgIpc) is 2.48. The minimum Gasteiger partial charge on any atom is -0.452 e. The van der Waals surface area contributed by atoms with E-state index in [2.05, 4.69) is 26.2 Å². The van der Waals surface area contributed by atoms with Gasteiger partial charge in [-0.3, -0.25) is 4.79 Å². The third-order valence-corrected chi connectivity index (χ3v) is 3.57. The fraction of sp³-hybridized carbons (Fsp3) is 0.133. The summed E-state index contributed by atoms with van der Waals surface area (Å²) in [6, 6.07) is 8.49. The summed E-state index contributed by atoms with van der Waals surface area (Å²) in [5, 5.41) is 2.71. The van der Waals surface area contributed by atoms with Crippen LogP contribution in [0.1, 0.15) is 15.9 Å². The van der Waals surface area contributed by atoms with E-state index in [4.69, 9.17) is 16.3 Å². The molecule has 0 saturated heterocycles. The normalized spacial score (nSPS) is 10.1. The fourth-order valence-electron chi connectivity index (χ4n) is 1.70. The lowest BCUT2D eigenvalue weighted by atomic mass is 10.2. The average molecular weight is 384 g/mol. The highest BCUT2D eigenvalue weighted by atomic mass is 79.9. The third-order valence-electron chi connectivity index (χ3n) is 2.78. The maximum absolute atomic E-state index is 11.8. The number of carbonyl (C=O) groups is 2. The maximum Gasteiger partial charge on any atom is 0.341 e. The van der Waals surface area contributed by atoms with Crippen molar-refractivity contribution in [3.05, 3.63) is 57.3 Å². The molecule has 0 saturated carbocycles. The molecular formula is C15H12BrClN2O3. The van der Waals surface area contributed by atoms with Crippen LogP contribution >= 0.6 is 27.5 Å². The molecule has 7 heteroatoms. The molecule has 0 aliphatic carbocycles. The molecular weight excluding hydrogens is 372 g/mol. The van der Waals surface area contributed by atoms with Crippen molar-refractivity contribution < 1.29 is 14.3 Å². The van der Waals surface area contributed by atoms with E-state index in [9.17, 15) is 9.59 Å². The van der Waals surface area contributed by atoms with Crippen molar-refractivity contribution in [2.45, 2.75) is 6.92 Å². The summed E-state index contributed by atoms with van der Waals surface area (Å²) in [5.74, 6) is -1.13. The van der Waals surface area contributed by atoms with Gasteiger partial charge in [-0.1, -0.05) is 27.5 Å². The number of amides is 1. The van der Waals surface area contributed by atoms with Gasteiger partial charge in [0.15, 0.2) is 6.61 Å². The van der Waals surface area contributed by atoms with E-state index in [1.54, 1.807) is 12.1 Å². The summed E-state index contributed by atoms with van der Waals surface area (Å²) in [6.07, 6.45) is 1.46. The first-order valence-corrected chi connectivity index (χ1v) is 7.48. The Balaban J connectivity index is 1.93. The number of anilines is 1. The quantitative estimate of drug-likeness (QED) is 0.647. The van der Waals surface area contributed by atoms with Crippen molar-refractivity contribution in [2.24, 2.45) is 0 Å². The highest BCUT2D eigenvalue weighted by Gasteiger charge is 2.14. The number of pyridine rings is 1. The van der Waals surface area contributed by atoms with Crippen molar-refractivity contribution in [3.63, 3.8) is 0 Å². The molecule has 2 rings (SSSR count). The van der Waals surface area contributed by atoms with Gasteiger partial charge in [0.05, 0.1) is 5.56 Å². The molecule has 1 heterocycles. The Morgan fingerprint density at radius 2 is 2.14 bits per heavy atom. The Hall–Kier alpha value is -1.92. The molecule has 5 nitrogen and oxygen atoms in total. The summed E-state index contributed by atoms with van der Waals surface area (Å²) in [7, 11) is 0. The number of halogens is 2. The summed E-state index contributed by atoms with van der Waals surface area (Å²) in [5.41, 5.74) is 1.67. The Labute approximate surface area is 140 Å². The van der Waals surface area contributed by atoms with Crippen LogP contribution < -0.4 is 5.32 Å². The molecule has 0 unspecified atom stereocenters. The molecule has 0 atom stereocenters. The van der Waals surface area contributed by atoms with Gasteiger partial charge in [0.2, 0.25) is 0 Å². The van der Waals surface area contributed by atoms with Crippen LogP contribution in [-0.4, -0.2) is 23.5 Å². The van der Waals surface area contributed by atoms with Gasteiger partial charge in [-0.2, -0.15) is 0 Å². The van der Waals surface area contributed by atoms with Gasteiger partial charge in [0.1, 0.15) is 5.15 Å². The number of rotatable bonds is 4. The molecule has 1 amide bonds. The molecule has 0 radical (unpaired) electrons. The first-order chi connectivity index (χ1) is 10.5. The lowest BCUT2D eigenvalue weighted by Gasteiger charge is -2.09. The number of carbonyl (C=O) groups excluding carboxylic acids is 2. The Morgan fingerprint density at radius 1 is 1.36 bits per heavy atom. The van der Waals surface area contributed by atoms with Gasteiger partial charge in [-0.25, -0.2) is 9.78 Å². The van der Waals surface area contributed by atoms with Gasteiger partial charge < -0.3 is 10.1 Å². The Bertz CT molecular complexity index is 722. The molecule has 1 aromatic heterocycles. The van der Waals surface area contributed by atoms with E-state index in [1.807, 2.05) is 19.1 Å². The highest BCUT2D eigenvalue weighted by molar-refractivity contribution is 9.10. The van der Waals surface area contributed by atoms with E-state index in [1.165, 1.54) is 12.3 Å². The smallest absolute Gasteiger partial charge is 0.341 e. The lowest BCUT2D eigenvalue weighted by Crippen LogP contribution is -2.21. The number of esters is 1. The summed E-state index contributed by atoms with van der Waals surface area (Å²) < 4.78 is 5.84. The van der Waals surface area contributed by atoms with Crippen LogP contribution in [0.3, 0.4) is 0 Å². The Morgan fingerprint density at radius 3 is 2.82 bits per heavy atom. The van der Waals surface area contributed by atoms with E-state index in [0.29, 0.717) is 5.69 Å². The van der Waals surface area contributed by atoms with Crippen molar-refractivity contribution in [1.82, 2.24) is 4.98 Å². The number of hydrogen-bond donors (Lipinski definition) is 1. The minimum absolute atomic E-state index is 0.0386. The van der Waals surface area contributed by atoms with Crippen molar-refractivity contribution in [3.8, 4) is 0 Å². The van der Waals surface area contributed by atoms with E-state index in [0.717, 1.165) is 10.0 Å². The summed E-state index contributed by atoms with van der Waals surface area (Å²) in [6.45, 7) is 1.46. The SMILES string of the molecule is Cc1cc(Br)ccc1NC(=O)COC(=O)c1cccnc1Cl. The van der Waals surface area contributed by atoms with Crippen LogP contribution in [-0.2, 0) is 9.53 Å². The molecule has 0 spiro atoms. The molecule has 1 N–H and O–H groups in total. The number of hydrogen-bond acceptors (Lipinski definition) is 4. The van der Waals surface area contributed by atoms with Gasteiger partial charge in [0.25, 0.3) is 5.91 Å². The second-order valence-corrected chi connectivity index (χ2v) is 5.70. The zero-order valence-corrected chi connectivity index (χ0v) is 13.9. The van der Waals surface area contributed by atoms with Gasteiger partial charge in [-0.05, 0) is 42.8 Å². The van der Waals surface area contributed by atoms with E-state index in [-0.39, 0.29) is 10.7 Å². The lowest BCUT2D eigenvalue weighted by molar-refractivity contribution is -0.119. The first kappa shape index (κ1) is 16.5. The zero-order valence-electron chi connectivity index (χ0n) is 11.6. The van der Waals surface area contributed by atoms with Crippen LogP contribution in [0.4, 0.5) is 5.69 Å². The minimum atomic E-state index is -0.694. The van der Waals surface area contributed by atoms with Crippen LogP contribution in [0.25, 0.3) is 0 Å². The molecule has 0 aliphatic rings. The van der Waals surface area contributed by atoms with E-state index >= 15 is 0 Å². The zero-order chi connectivity index (χ0) is 16.1. The number of nitrogens with one attached hydrogen (secondary N) is 1. The highest BCUT2D eigenvalue weighted by Crippen LogP contribution is 2.20. The first-order valence-electron chi connectivity index (χ1n) is 6.31. The number of aromatic nitrogens is 1. The predicted molar refractivity (Wildman–Crippen MR) is 87.0 cm³/mol. The fourth-order valence-corrected chi connectivity index (χ4v) is 2.37. The molecule has 2 aromatic rings. The van der Waals surface area contributed by atoms with Crippen molar-refractivity contribution >= 4 is 45.1 Å². The second-order valence-electron chi connectivity index (χ2n) is 4.43. The monoisotopic (exact) mass is 382 g/mol. The molecule has 0 fully saturated rings. The van der Waals surface area contributed by atoms with Crippen molar-refractivity contribution in [1.29, 1.82) is 0 Å². The number of nitrogens with zero attached hydrogens (tertiary/aromatic N) is 1. The maximum atomic E-state index is 11.8. The van der Waals surface area contributed by atoms with Crippen LogP contribution in [0.5, 0.6) is 0 Å². The van der Waals surface area contributed by atoms with Gasteiger partial charge >= 0.3 is 5.97 Å². The number of aryl methyl sites for hydroxylation is 1. The predicted octanol–water partition coefficient (Wildman–Crippen LogP) is 3.60. The van der Waals surface area contributed by atoms with Crippen LogP contribution in [0.2, 0.25) is 5.15 Å². The largest absolute Gasteiger partial charge is 0.452 e. The molecule has 0 aliphatic heterocycles. The van der Waals surface area contributed by atoms with Gasteiger partial charge in [0, 0.05) is 16.4 Å². The topological polar surface area (TPSA) is 68.3 Å². The van der Waals surface area contributed by atoms with Gasteiger partial charge in [-0.15, -0.1) is 0 Å². The summed E-state index contributed by atoms with van der Waals surface area (Å²) >= 11 is 9.13. The summed E-state index contributed by atoms with van der Waals surface area (Å²) in [4.78, 5) is 27.4. The molecule has 1 aromatic carbocycles. The van der Waals surface area contributed by atoms with E-state index < -0.39 is 18.5 Å². The molecule has 0 bridgehead atoms. The number of ether oxygens (including phenoxy) is 1. The molecule has 114 valence electrons. The molecule has 22 heavy (non-hydrogen) atoms. The van der Waals surface area contributed by atoms with Crippen LogP contribution in [0.15, 0.2) is 41.0 Å². The standard InChI is InChI=1S/C15H12BrClN2O3/c1-9-7-10(16)4-5-12(9)19-13(20)8-22-15(21)11-3-2-6-18-14(11)17/h2-7H,8H2,1H3,(H,19,20). The van der Waals surface area contributed by atoms with Crippen LogP contribution in [0, 0.1) is 6.92 Å². The second kappa shape index (κ2) is 7.38.